The predicted molar refractivity (Wildman–Crippen MR) is 154 cm³/mol. The highest BCUT2D eigenvalue weighted by atomic mass is 31.1. The summed E-state index contributed by atoms with van der Waals surface area (Å²) in [5.41, 5.74) is 1.17. The van der Waals surface area contributed by atoms with Crippen LogP contribution >= 0.6 is 7.80 Å². The van der Waals surface area contributed by atoms with E-state index in [0.717, 1.165) is 25.7 Å². The highest BCUT2D eigenvalue weighted by Crippen LogP contribution is 2.43. The summed E-state index contributed by atoms with van der Waals surface area (Å²) in [5, 5.41) is 10.3. The molecule has 2 amide bonds. The maximum Gasteiger partial charge on any atom is 0.521 e. The number of benzene rings is 1. The fraction of sp³-hybridized carbons (Fsp3) is 0.710. The van der Waals surface area contributed by atoms with Gasteiger partial charge < -0.3 is 14.6 Å². The van der Waals surface area contributed by atoms with E-state index in [1.54, 1.807) is 13.8 Å². The summed E-state index contributed by atoms with van der Waals surface area (Å²) in [7, 11) is -2.14. The van der Waals surface area contributed by atoms with E-state index in [0.29, 0.717) is 31.7 Å². The SMILES string of the molecule is CC(C)C(=O)OCCCOC(CCCc1ccccc1)[P+](=O)CC(=O)[N@+]1(C(=O)O)C[C@@H](C2CCCCC2)C[C@@H]1C. The van der Waals surface area contributed by atoms with Crippen LogP contribution in [0.1, 0.15) is 84.1 Å². The van der Waals surface area contributed by atoms with Gasteiger partial charge in [0.1, 0.15) is 12.6 Å². The number of aryl methyl sites for hydroxylation is 1. The molecule has 3 rings (SSSR count). The van der Waals surface area contributed by atoms with E-state index in [-0.39, 0.29) is 43.2 Å². The second-order valence-electron chi connectivity index (χ2n) is 11.9. The van der Waals surface area contributed by atoms with Gasteiger partial charge in [0.05, 0.1) is 19.1 Å². The van der Waals surface area contributed by atoms with Gasteiger partial charge in [-0.3, -0.25) is 4.79 Å². The number of ether oxygens (including phenoxy) is 2. The number of rotatable bonds is 14. The molecule has 1 N–H and O–H groups in total. The predicted octanol–water partition coefficient (Wildman–Crippen LogP) is 6.78. The fourth-order valence-electron chi connectivity index (χ4n) is 6.33. The molecule has 1 saturated carbocycles. The van der Waals surface area contributed by atoms with Crippen molar-refractivity contribution in [2.45, 2.75) is 96.9 Å². The normalized spacial score (nSPS) is 24.6. The summed E-state index contributed by atoms with van der Waals surface area (Å²) in [4.78, 5) is 38.0. The molecule has 0 radical (unpaired) electrons. The monoisotopic (exact) mass is 577 g/mol. The van der Waals surface area contributed by atoms with Crippen LogP contribution in [0.3, 0.4) is 0 Å². The minimum absolute atomic E-state index is 0.206. The van der Waals surface area contributed by atoms with Crippen molar-refractivity contribution < 1.29 is 38.0 Å². The number of hydrogen-bond donors (Lipinski definition) is 1. The van der Waals surface area contributed by atoms with Crippen LogP contribution in [-0.2, 0) is 30.0 Å². The lowest BCUT2D eigenvalue weighted by Gasteiger charge is -2.30. The van der Waals surface area contributed by atoms with Gasteiger partial charge >= 0.3 is 25.8 Å². The van der Waals surface area contributed by atoms with Crippen molar-refractivity contribution in [2.24, 2.45) is 17.8 Å². The molecule has 2 aliphatic rings. The van der Waals surface area contributed by atoms with Gasteiger partial charge in [-0.1, -0.05) is 68.0 Å². The molecule has 1 saturated heterocycles. The molecule has 2 unspecified atom stereocenters. The van der Waals surface area contributed by atoms with Gasteiger partial charge in [-0.25, -0.2) is 4.79 Å². The van der Waals surface area contributed by atoms with Crippen molar-refractivity contribution in [2.75, 3.05) is 25.9 Å². The van der Waals surface area contributed by atoms with Crippen LogP contribution in [0.15, 0.2) is 30.3 Å². The largest absolute Gasteiger partial charge is 0.521 e. The molecule has 1 aromatic carbocycles. The minimum atomic E-state index is -2.14. The maximum atomic E-state index is 13.7. The first-order chi connectivity index (χ1) is 19.1. The Balaban J connectivity index is 1.63. The molecule has 1 aliphatic carbocycles. The summed E-state index contributed by atoms with van der Waals surface area (Å²) < 4.78 is 24.2. The standard InChI is InChI=1S/C31H47NO7P/c1-23(2)30(34)39-19-11-18-38-29(17-10-14-25-12-6-4-7-13-25)40(37)22-28(33)32(31(35)36)21-27(20-24(32)3)26-15-8-5-9-16-26/h4,6-7,12-13,23-24,26-27,29H,5,8-11,14-22H2,1-3H3/q+1/p+1/t24-,27-,29?,32-/m0/s1. The van der Waals surface area contributed by atoms with Crippen LogP contribution in [0.4, 0.5) is 4.79 Å². The third-order valence-corrected chi connectivity index (χ3v) is 10.3. The lowest BCUT2D eigenvalue weighted by molar-refractivity contribution is -0.793. The fourth-order valence-corrected chi connectivity index (χ4v) is 7.79. The first-order valence-corrected chi connectivity index (χ1v) is 16.6. The Morgan fingerprint density at radius 2 is 1.73 bits per heavy atom. The van der Waals surface area contributed by atoms with Gasteiger partial charge in [-0.05, 0) is 44.1 Å². The molecule has 1 aromatic rings. The molecule has 1 aliphatic heterocycles. The molecule has 0 aromatic heterocycles. The van der Waals surface area contributed by atoms with Crippen molar-refractivity contribution in [3.05, 3.63) is 35.9 Å². The summed E-state index contributed by atoms with van der Waals surface area (Å²) in [6, 6.07) is 9.67. The zero-order valence-electron chi connectivity index (χ0n) is 24.5. The summed E-state index contributed by atoms with van der Waals surface area (Å²) in [5.74, 6) is -0.936. The minimum Gasteiger partial charge on any atom is -0.465 e. The summed E-state index contributed by atoms with van der Waals surface area (Å²) in [6.45, 7) is 6.15. The molecular weight excluding hydrogens is 529 g/mol. The van der Waals surface area contributed by atoms with E-state index < -0.39 is 30.1 Å². The average Bonchev–Trinajstić information content (AvgIpc) is 3.31. The Morgan fingerprint density at radius 1 is 1.02 bits per heavy atom. The van der Waals surface area contributed by atoms with Gasteiger partial charge in [0.2, 0.25) is 0 Å². The molecule has 0 spiro atoms. The Kier molecular flexibility index (Phi) is 12.7. The lowest BCUT2D eigenvalue weighted by atomic mass is 9.79. The van der Waals surface area contributed by atoms with Crippen LogP contribution < -0.4 is 0 Å². The Labute approximate surface area is 240 Å². The van der Waals surface area contributed by atoms with E-state index in [4.69, 9.17) is 9.47 Å². The first-order valence-electron chi connectivity index (χ1n) is 15.1. The van der Waals surface area contributed by atoms with Gasteiger partial charge in [-0.2, -0.15) is 9.28 Å². The van der Waals surface area contributed by atoms with Crippen LogP contribution in [0.2, 0.25) is 0 Å². The number of hydrogen-bond acceptors (Lipinski definition) is 6. The zero-order valence-corrected chi connectivity index (χ0v) is 25.4. The van der Waals surface area contributed by atoms with Gasteiger partial charge in [-0.15, -0.1) is 0 Å². The second-order valence-corrected chi connectivity index (χ2v) is 13.7. The zero-order chi connectivity index (χ0) is 29.1. The number of carbonyl (C=O) groups excluding carboxylic acids is 2. The van der Waals surface area contributed by atoms with Crippen LogP contribution in [0, 0.1) is 17.8 Å². The maximum absolute atomic E-state index is 13.7. The first kappa shape index (κ1) is 32.4. The number of carboxylic acid groups (broad SMARTS) is 1. The molecule has 8 nitrogen and oxygen atoms in total. The number of imide groups is 1. The Morgan fingerprint density at radius 3 is 2.38 bits per heavy atom. The molecular formula is C31H48NO7P+2. The van der Waals surface area contributed by atoms with E-state index in [9.17, 15) is 24.1 Å². The van der Waals surface area contributed by atoms with Crippen molar-refractivity contribution >= 4 is 25.8 Å². The average molecular weight is 578 g/mol. The molecule has 2 fully saturated rings. The number of nitrogens with zero attached hydrogens (tertiary/aromatic N) is 1. The summed E-state index contributed by atoms with van der Waals surface area (Å²) in [6.07, 6.45) is 7.51. The topological polar surface area (TPSA) is 107 Å². The quantitative estimate of drug-likeness (QED) is 0.112. The van der Waals surface area contributed by atoms with Crippen molar-refractivity contribution in [1.82, 2.24) is 0 Å². The van der Waals surface area contributed by atoms with Crippen LogP contribution in [0.25, 0.3) is 0 Å². The highest BCUT2D eigenvalue weighted by molar-refractivity contribution is 7.46. The van der Waals surface area contributed by atoms with E-state index in [2.05, 4.69) is 0 Å². The number of esters is 1. The molecule has 40 heavy (non-hydrogen) atoms. The third-order valence-electron chi connectivity index (χ3n) is 8.71. The molecule has 5 atom stereocenters. The Hall–Kier alpha value is -2.15. The van der Waals surface area contributed by atoms with Crippen molar-refractivity contribution in [1.29, 1.82) is 0 Å². The number of amides is 2. The van der Waals surface area contributed by atoms with Crippen LogP contribution in [-0.4, -0.2) is 65.4 Å². The summed E-state index contributed by atoms with van der Waals surface area (Å²) >= 11 is 0. The van der Waals surface area contributed by atoms with Gasteiger partial charge in [0.15, 0.2) is 0 Å². The van der Waals surface area contributed by atoms with Crippen molar-refractivity contribution in [3.63, 3.8) is 0 Å². The lowest BCUT2D eigenvalue weighted by Crippen LogP contribution is -2.59. The molecule has 222 valence electrons. The molecule has 1 heterocycles. The second kappa shape index (κ2) is 15.7. The third kappa shape index (κ3) is 8.67. The van der Waals surface area contributed by atoms with Gasteiger partial charge in [0.25, 0.3) is 12.0 Å². The molecule has 9 heteroatoms. The van der Waals surface area contributed by atoms with Crippen LogP contribution in [0.5, 0.6) is 0 Å². The van der Waals surface area contributed by atoms with E-state index >= 15 is 0 Å². The highest BCUT2D eigenvalue weighted by Gasteiger charge is 2.59. The van der Waals surface area contributed by atoms with E-state index in [1.165, 1.54) is 24.8 Å². The number of likely N-dealkylation sites (tertiary alicyclic amines) is 1. The van der Waals surface area contributed by atoms with Gasteiger partial charge in [0, 0.05) is 25.2 Å². The Bertz CT molecular complexity index is 995. The van der Waals surface area contributed by atoms with E-state index in [1.807, 2.05) is 37.3 Å². The smallest absolute Gasteiger partial charge is 0.465 e. The molecule has 0 bridgehead atoms. The van der Waals surface area contributed by atoms with Crippen molar-refractivity contribution in [3.8, 4) is 0 Å². The number of carbonyl (C=O) groups is 3. The number of quaternary nitrogens is 1.